The molecule has 3 rings (SSSR count). The molecule has 0 spiro atoms. The number of piperidine rings is 2. The van der Waals surface area contributed by atoms with Crippen molar-refractivity contribution in [1.29, 1.82) is 0 Å². The summed E-state index contributed by atoms with van der Waals surface area (Å²) in [5, 5.41) is 3.33. The number of hydrogen-bond acceptors (Lipinski definition) is 3. The lowest BCUT2D eigenvalue weighted by atomic mass is 9.84. The van der Waals surface area contributed by atoms with E-state index in [1.54, 1.807) is 0 Å². The van der Waals surface area contributed by atoms with E-state index in [-0.39, 0.29) is 6.04 Å². The number of carbonyl (C=O) groups excluding carboxylic acids is 1. The van der Waals surface area contributed by atoms with Crippen molar-refractivity contribution in [2.75, 3.05) is 33.2 Å². The van der Waals surface area contributed by atoms with Gasteiger partial charge in [0.2, 0.25) is 5.91 Å². The van der Waals surface area contributed by atoms with Crippen LogP contribution in [0.1, 0.15) is 32.1 Å². The zero-order valence-corrected chi connectivity index (χ0v) is 11.4. The summed E-state index contributed by atoms with van der Waals surface area (Å²) in [4.78, 5) is 17.0. The minimum atomic E-state index is 0.114. The lowest BCUT2D eigenvalue weighted by Crippen LogP contribution is -2.56. The lowest BCUT2D eigenvalue weighted by molar-refractivity contribution is -0.136. The average molecular weight is 251 g/mol. The van der Waals surface area contributed by atoms with Gasteiger partial charge in [-0.3, -0.25) is 4.79 Å². The second-order valence-corrected chi connectivity index (χ2v) is 6.17. The molecule has 4 heteroatoms. The van der Waals surface area contributed by atoms with Gasteiger partial charge < -0.3 is 15.1 Å². The summed E-state index contributed by atoms with van der Waals surface area (Å²) in [6.07, 6.45) is 5.94. The Morgan fingerprint density at radius 1 is 1.17 bits per heavy atom. The van der Waals surface area contributed by atoms with E-state index in [1.807, 2.05) is 0 Å². The number of likely N-dealkylation sites (tertiary alicyclic amines) is 2. The first-order valence-electron chi connectivity index (χ1n) is 7.48. The second kappa shape index (κ2) is 5.17. The Morgan fingerprint density at radius 2 is 2.06 bits per heavy atom. The van der Waals surface area contributed by atoms with Crippen LogP contribution in [0.2, 0.25) is 0 Å². The SMILES string of the molecule is CN1CCCC2CN(C(=O)[C@H]3CCCN3)CCC21. The van der Waals surface area contributed by atoms with Gasteiger partial charge in [0.25, 0.3) is 0 Å². The fourth-order valence-electron chi connectivity index (χ4n) is 3.97. The first-order valence-corrected chi connectivity index (χ1v) is 7.48. The molecule has 0 aromatic rings. The molecular formula is C14H25N3O. The monoisotopic (exact) mass is 251 g/mol. The van der Waals surface area contributed by atoms with Crippen LogP contribution in [0.15, 0.2) is 0 Å². The van der Waals surface area contributed by atoms with Gasteiger partial charge >= 0.3 is 0 Å². The van der Waals surface area contributed by atoms with E-state index in [0.29, 0.717) is 11.8 Å². The van der Waals surface area contributed by atoms with Crippen LogP contribution in [0.25, 0.3) is 0 Å². The van der Waals surface area contributed by atoms with Gasteiger partial charge in [0.1, 0.15) is 0 Å². The molecule has 18 heavy (non-hydrogen) atoms. The van der Waals surface area contributed by atoms with Crippen molar-refractivity contribution in [1.82, 2.24) is 15.1 Å². The maximum Gasteiger partial charge on any atom is 0.239 e. The van der Waals surface area contributed by atoms with E-state index in [9.17, 15) is 4.79 Å². The number of nitrogens with zero attached hydrogens (tertiary/aromatic N) is 2. The van der Waals surface area contributed by atoms with Gasteiger partial charge in [-0.05, 0) is 58.2 Å². The summed E-state index contributed by atoms with van der Waals surface area (Å²) >= 11 is 0. The molecule has 0 radical (unpaired) electrons. The highest BCUT2D eigenvalue weighted by Gasteiger charge is 2.37. The Labute approximate surface area is 110 Å². The summed E-state index contributed by atoms with van der Waals surface area (Å²) in [6.45, 7) is 4.20. The highest BCUT2D eigenvalue weighted by molar-refractivity contribution is 5.82. The van der Waals surface area contributed by atoms with E-state index >= 15 is 0 Å². The highest BCUT2D eigenvalue weighted by atomic mass is 16.2. The first kappa shape index (κ1) is 12.4. The number of amides is 1. The second-order valence-electron chi connectivity index (χ2n) is 6.17. The standard InChI is InChI=1S/C14H25N3O/c1-16-8-3-4-11-10-17(9-6-13(11)16)14(18)12-5-2-7-15-12/h11-13,15H,2-10H2,1H3/t11?,12-,13?/m1/s1. The van der Waals surface area contributed by atoms with Crippen molar-refractivity contribution in [3.05, 3.63) is 0 Å². The van der Waals surface area contributed by atoms with Crippen molar-refractivity contribution in [2.45, 2.75) is 44.2 Å². The summed E-state index contributed by atoms with van der Waals surface area (Å²) in [5.41, 5.74) is 0. The molecule has 0 aromatic heterocycles. The minimum Gasteiger partial charge on any atom is -0.341 e. The van der Waals surface area contributed by atoms with E-state index < -0.39 is 0 Å². The van der Waals surface area contributed by atoms with Crippen LogP contribution in [0.4, 0.5) is 0 Å². The first-order chi connectivity index (χ1) is 8.75. The molecule has 0 saturated carbocycles. The topological polar surface area (TPSA) is 35.6 Å². The van der Waals surface area contributed by atoms with Crippen LogP contribution >= 0.6 is 0 Å². The molecule has 1 N–H and O–H groups in total. The van der Waals surface area contributed by atoms with Crippen LogP contribution in [0.3, 0.4) is 0 Å². The van der Waals surface area contributed by atoms with Crippen molar-refractivity contribution in [2.24, 2.45) is 5.92 Å². The fourth-order valence-corrected chi connectivity index (χ4v) is 3.97. The van der Waals surface area contributed by atoms with E-state index in [2.05, 4.69) is 22.2 Å². The Kier molecular flexibility index (Phi) is 3.57. The molecule has 102 valence electrons. The molecule has 0 aromatic carbocycles. The average Bonchev–Trinajstić information content (AvgIpc) is 2.91. The van der Waals surface area contributed by atoms with Crippen molar-refractivity contribution < 1.29 is 4.79 Å². The number of rotatable bonds is 1. The smallest absolute Gasteiger partial charge is 0.239 e. The third kappa shape index (κ3) is 2.28. The number of fused-ring (bicyclic) bond motifs is 1. The molecule has 1 amide bonds. The fraction of sp³-hybridized carbons (Fsp3) is 0.929. The van der Waals surface area contributed by atoms with Crippen LogP contribution in [-0.2, 0) is 4.79 Å². The van der Waals surface area contributed by atoms with Crippen LogP contribution < -0.4 is 5.32 Å². The predicted octanol–water partition coefficient (Wildman–Crippen LogP) is 0.681. The number of nitrogens with one attached hydrogen (secondary N) is 1. The van der Waals surface area contributed by atoms with Crippen molar-refractivity contribution in [3.63, 3.8) is 0 Å². The quantitative estimate of drug-likeness (QED) is 0.744. The van der Waals surface area contributed by atoms with E-state index in [0.717, 1.165) is 38.5 Å². The molecule has 3 aliphatic heterocycles. The largest absolute Gasteiger partial charge is 0.341 e. The molecule has 0 bridgehead atoms. The molecule has 3 atom stereocenters. The van der Waals surface area contributed by atoms with Gasteiger partial charge in [0, 0.05) is 19.1 Å². The molecule has 3 fully saturated rings. The minimum absolute atomic E-state index is 0.114. The third-order valence-corrected chi connectivity index (χ3v) is 5.02. The Bertz CT molecular complexity index is 314. The normalized spacial score (nSPS) is 37.6. The van der Waals surface area contributed by atoms with E-state index in [1.165, 1.54) is 25.8 Å². The number of carbonyl (C=O) groups is 1. The van der Waals surface area contributed by atoms with Crippen molar-refractivity contribution in [3.8, 4) is 0 Å². The lowest BCUT2D eigenvalue weighted by Gasteiger charge is -2.46. The third-order valence-electron chi connectivity index (χ3n) is 5.02. The molecule has 4 nitrogen and oxygen atoms in total. The van der Waals surface area contributed by atoms with Crippen LogP contribution in [0, 0.1) is 5.92 Å². The Balaban J connectivity index is 1.61. The Morgan fingerprint density at radius 3 is 2.83 bits per heavy atom. The summed E-state index contributed by atoms with van der Waals surface area (Å²) < 4.78 is 0. The van der Waals surface area contributed by atoms with E-state index in [4.69, 9.17) is 0 Å². The van der Waals surface area contributed by atoms with Gasteiger partial charge in [0.15, 0.2) is 0 Å². The predicted molar refractivity (Wildman–Crippen MR) is 71.4 cm³/mol. The summed E-state index contributed by atoms with van der Waals surface area (Å²) in [5.74, 6) is 1.07. The van der Waals surface area contributed by atoms with Gasteiger partial charge in [-0.2, -0.15) is 0 Å². The van der Waals surface area contributed by atoms with Gasteiger partial charge in [-0.25, -0.2) is 0 Å². The Hall–Kier alpha value is -0.610. The molecule has 3 saturated heterocycles. The molecule has 3 aliphatic rings. The van der Waals surface area contributed by atoms with Gasteiger partial charge in [0.05, 0.1) is 6.04 Å². The zero-order valence-electron chi connectivity index (χ0n) is 11.4. The summed E-state index contributed by atoms with van der Waals surface area (Å²) in [7, 11) is 2.24. The van der Waals surface area contributed by atoms with Crippen molar-refractivity contribution >= 4 is 5.91 Å². The molecule has 2 unspecified atom stereocenters. The van der Waals surface area contributed by atoms with Gasteiger partial charge in [-0.15, -0.1) is 0 Å². The number of hydrogen-bond donors (Lipinski definition) is 1. The van der Waals surface area contributed by atoms with Gasteiger partial charge in [-0.1, -0.05) is 0 Å². The van der Waals surface area contributed by atoms with Crippen LogP contribution in [0.5, 0.6) is 0 Å². The maximum absolute atomic E-state index is 12.4. The highest BCUT2D eigenvalue weighted by Crippen LogP contribution is 2.30. The molecular weight excluding hydrogens is 226 g/mol. The molecule has 3 heterocycles. The summed E-state index contributed by atoms with van der Waals surface area (Å²) in [6, 6.07) is 0.835. The van der Waals surface area contributed by atoms with Crippen LogP contribution in [-0.4, -0.2) is 61.0 Å². The maximum atomic E-state index is 12.4. The zero-order chi connectivity index (χ0) is 12.5. The molecule has 0 aliphatic carbocycles.